The molecule has 26 heavy (non-hydrogen) atoms. The predicted molar refractivity (Wildman–Crippen MR) is 112 cm³/mol. The Kier molecular flexibility index (Phi) is 4.89. The lowest BCUT2D eigenvalue weighted by atomic mass is 9.53. The number of hydrogen-bond acceptors (Lipinski definition) is 1. The molecule has 1 fully saturated rings. The summed E-state index contributed by atoms with van der Waals surface area (Å²) in [7, 11) is 2.17. The lowest BCUT2D eigenvalue weighted by Crippen LogP contribution is -2.53. The molecule has 2 nitrogen and oxygen atoms in total. The van der Waals surface area contributed by atoms with Crippen molar-refractivity contribution in [3.05, 3.63) is 59.4 Å². The van der Waals surface area contributed by atoms with Gasteiger partial charge >= 0.3 is 6.85 Å². The smallest absolute Gasteiger partial charge is 0.290 e. The third-order valence-corrected chi connectivity index (χ3v) is 6.26. The molecule has 0 amide bonds. The summed E-state index contributed by atoms with van der Waals surface area (Å²) in [6.07, 6.45) is 12.9. The molecule has 1 aliphatic heterocycles. The molecule has 3 heteroatoms. The highest BCUT2D eigenvalue weighted by Gasteiger charge is 2.36. The number of allylic oxidation sites excluding steroid dienone is 1. The summed E-state index contributed by atoms with van der Waals surface area (Å²) in [6.45, 7) is 4.91. The van der Waals surface area contributed by atoms with E-state index in [1.807, 2.05) is 0 Å². The highest BCUT2D eigenvalue weighted by molar-refractivity contribution is 6.77. The Hall–Kier alpha value is -2.03. The monoisotopic (exact) mass is 345 g/mol. The Morgan fingerprint density at radius 3 is 2.69 bits per heavy atom. The van der Waals surface area contributed by atoms with Gasteiger partial charge in [0.05, 0.1) is 18.9 Å². The average Bonchev–Trinajstić information content (AvgIpc) is 2.65. The minimum Gasteiger partial charge on any atom is -0.290 e. The van der Waals surface area contributed by atoms with Crippen molar-refractivity contribution in [3.8, 4) is 0 Å². The Bertz CT molecular complexity index is 821. The van der Waals surface area contributed by atoms with Crippen molar-refractivity contribution in [2.75, 3.05) is 4.81 Å². The van der Waals surface area contributed by atoms with Gasteiger partial charge in [0.2, 0.25) is 0 Å². The van der Waals surface area contributed by atoms with Crippen molar-refractivity contribution in [2.45, 2.75) is 52.3 Å². The first kappa shape index (κ1) is 17.4. The van der Waals surface area contributed by atoms with Crippen LogP contribution in [0.4, 0.5) is 5.82 Å². The van der Waals surface area contributed by atoms with Crippen LogP contribution in [0.3, 0.4) is 0 Å². The standard InChI is InChI=1S/C23H30BN2/c1-18-15-21-11-7-8-12-22(21)24(2)26(18)23-17-20(13-14-25(23)3)16-19-9-5-4-6-10-19/h7-8,11-15,17,19H,4-6,9-10,16H2,1-3H3/q+1. The summed E-state index contributed by atoms with van der Waals surface area (Å²) < 4.78 is 2.27. The minimum absolute atomic E-state index is 0.354. The molecule has 0 bridgehead atoms. The van der Waals surface area contributed by atoms with Gasteiger partial charge in [0, 0.05) is 6.07 Å². The molecule has 0 atom stereocenters. The molecule has 4 rings (SSSR count). The van der Waals surface area contributed by atoms with E-state index in [1.54, 1.807) is 0 Å². The van der Waals surface area contributed by atoms with Gasteiger partial charge in [0.25, 0.3) is 5.82 Å². The number of benzene rings is 1. The maximum absolute atomic E-state index is 2.49. The van der Waals surface area contributed by atoms with E-state index in [0.717, 1.165) is 5.92 Å². The van der Waals surface area contributed by atoms with Crippen LogP contribution in [0.5, 0.6) is 0 Å². The van der Waals surface area contributed by atoms with E-state index in [4.69, 9.17) is 0 Å². The van der Waals surface area contributed by atoms with Crippen LogP contribution in [0.25, 0.3) is 6.08 Å². The number of anilines is 1. The van der Waals surface area contributed by atoms with E-state index in [2.05, 4.69) is 78.8 Å². The van der Waals surface area contributed by atoms with Gasteiger partial charge < -0.3 is 0 Å². The van der Waals surface area contributed by atoms with Crippen LogP contribution >= 0.6 is 0 Å². The lowest BCUT2D eigenvalue weighted by molar-refractivity contribution is -0.658. The van der Waals surface area contributed by atoms with Crippen LogP contribution in [0, 0.1) is 5.92 Å². The molecule has 1 saturated carbocycles. The van der Waals surface area contributed by atoms with Crippen LogP contribution in [-0.2, 0) is 13.5 Å². The first-order valence-electron chi connectivity index (χ1n) is 10.2. The van der Waals surface area contributed by atoms with Crippen LogP contribution in [0.15, 0.2) is 48.3 Å². The van der Waals surface area contributed by atoms with Gasteiger partial charge in [-0.3, -0.25) is 4.81 Å². The number of rotatable bonds is 3. The van der Waals surface area contributed by atoms with E-state index in [1.165, 1.54) is 66.6 Å². The molecule has 0 N–H and O–H groups in total. The predicted octanol–water partition coefficient (Wildman–Crippen LogP) is 4.34. The number of nitrogens with zero attached hydrogens (tertiary/aromatic N) is 2. The molecule has 1 aromatic heterocycles. The zero-order valence-electron chi connectivity index (χ0n) is 16.4. The third kappa shape index (κ3) is 3.32. The molecular formula is C23H30BN2+. The van der Waals surface area contributed by atoms with Crippen molar-refractivity contribution in [3.63, 3.8) is 0 Å². The number of aromatic nitrogens is 1. The molecular weight excluding hydrogens is 315 g/mol. The lowest BCUT2D eigenvalue weighted by Gasteiger charge is -2.29. The molecule has 2 aliphatic rings. The van der Waals surface area contributed by atoms with E-state index in [-0.39, 0.29) is 0 Å². The van der Waals surface area contributed by atoms with Crippen molar-refractivity contribution < 1.29 is 4.57 Å². The molecule has 0 spiro atoms. The van der Waals surface area contributed by atoms with Crippen molar-refractivity contribution in [2.24, 2.45) is 13.0 Å². The fourth-order valence-corrected chi connectivity index (χ4v) is 4.83. The van der Waals surface area contributed by atoms with Gasteiger partial charge in [-0.05, 0) is 54.8 Å². The van der Waals surface area contributed by atoms with Crippen molar-refractivity contribution in [1.29, 1.82) is 0 Å². The summed E-state index contributed by atoms with van der Waals surface area (Å²) >= 11 is 0. The summed E-state index contributed by atoms with van der Waals surface area (Å²) in [5.74, 6) is 2.18. The highest BCUT2D eigenvalue weighted by atomic mass is 15.2. The van der Waals surface area contributed by atoms with Crippen molar-refractivity contribution in [1.82, 2.24) is 0 Å². The Labute approximate surface area is 158 Å². The van der Waals surface area contributed by atoms with E-state index >= 15 is 0 Å². The third-order valence-electron chi connectivity index (χ3n) is 6.26. The number of fused-ring (bicyclic) bond motifs is 1. The van der Waals surface area contributed by atoms with E-state index in [9.17, 15) is 0 Å². The fraction of sp³-hybridized carbons (Fsp3) is 0.435. The highest BCUT2D eigenvalue weighted by Crippen LogP contribution is 2.29. The second kappa shape index (κ2) is 7.30. The van der Waals surface area contributed by atoms with Crippen LogP contribution in [0.2, 0.25) is 6.82 Å². The molecule has 2 heterocycles. The SMILES string of the molecule is CB1c2ccccc2C=C(C)N1c1cc(CC2CCCCC2)cc[n+]1C. The van der Waals surface area contributed by atoms with E-state index < -0.39 is 0 Å². The molecule has 1 aromatic carbocycles. The normalized spacial score (nSPS) is 17.9. The van der Waals surface area contributed by atoms with Crippen molar-refractivity contribution >= 4 is 24.2 Å². The van der Waals surface area contributed by atoms with Gasteiger partial charge in [-0.15, -0.1) is 0 Å². The van der Waals surface area contributed by atoms with E-state index in [0.29, 0.717) is 6.85 Å². The molecule has 0 unspecified atom stereocenters. The van der Waals surface area contributed by atoms with Gasteiger partial charge in [-0.2, -0.15) is 0 Å². The van der Waals surface area contributed by atoms with Crippen LogP contribution < -0.4 is 14.8 Å². The Balaban J connectivity index is 1.65. The number of aryl methyl sites for hydroxylation is 1. The van der Waals surface area contributed by atoms with Gasteiger partial charge in [-0.25, -0.2) is 4.57 Å². The minimum atomic E-state index is 0.354. The average molecular weight is 345 g/mol. The molecule has 2 aromatic rings. The second-order valence-electron chi connectivity index (χ2n) is 8.17. The van der Waals surface area contributed by atoms with Crippen LogP contribution in [0.1, 0.15) is 50.2 Å². The molecule has 134 valence electrons. The second-order valence-corrected chi connectivity index (χ2v) is 8.17. The summed E-state index contributed by atoms with van der Waals surface area (Å²) in [6, 6.07) is 13.5. The van der Waals surface area contributed by atoms with Crippen LogP contribution in [-0.4, -0.2) is 6.85 Å². The maximum atomic E-state index is 2.49. The summed E-state index contributed by atoms with van der Waals surface area (Å²) in [4.78, 5) is 2.49. The Morgan fingerprint density at radius 1 is 1.12 bits per heavy atom. The summed E-state index contributed by atoms with van der Waals surface area (Å²) in [5.41, 5.74) is 5.58. The molecule has 1 aliphatic carbocycles. The zero-order chi connectivity index (χ0) is 18.1. The fourth-order valence-electron chi connectivity index (χ4n) is 4.83. The summed E-state index contributed by atoms with van der Waals surface area (Å²) in [5, 5.41) is 0. The van der Waals surface area contributed by atoms with Gasteiger partial charge in [0.15, 0.2) is 0 Å². The first-order chi connectivity index (χ1) is 12.6. The quantitative estimate of drug-likeness (QED) is 0.593. The number of hydrogen-bond donors (Lipinski definition) is 0. The topological polar surface area (TPSA) is 7.12 Å². The van der Waals surface area contributed by atoms with Gasteiger partial charge in [-0.1, -0.05) is 56.4 Å². The largest absolute Gasteiger partial charge is 0.409 e. The maximum Gasteiger partial charge on any atom is 0.409 e. The molecule has 0 radical (unpaired) electrons. The first-order valence-corrected chi connectivity index (χ1v) is 10.2. The Morgan fingerprint density at radius 2 is 1.88 bits per heavy atom. The number of pyridine rings is 1. The van der Waals surface area contributed by atoms with Gasteiger partial charge in [0.1, 0.15) is 0 Å². The molecule has 0 saturated heterocycles. The zero-order valence-corrected chi connectivity index (χ0v) is 16.4.